The third kappa shape index (κ3) is 5.04. The number of carbonyl (C=O) groups is 3. The second kappa shape index (κ2) is 11.8. The summed E-state index contributed by atoms with van der Waals surface area (Å²) in [6.07, 6.45) is 11.2. The molecular weight excluding hydrogens is 588 g/mol. The number of hydrogen-bond donors (Lipinski definition) is 0. The molecule has 1 aromatic rings. The molecule has 0 unspecified atom stereocenters. The van der Waals surface area contributed by atoms with Crippen molar-refractivity contribution in [2.45, 2.75) is 119 Å². The van der Waals surface area contributed by atoms with Gasteiger partial charge >= 0.3 is 17.9 Å². The zero-order chi connectivity index (χ0) is 34.2. The largest absolute Gasteiger partial charge is 0.465 e. The number of methoxy groups -OCH3 is 1. The minimum Gasteiger partial charge on any atom is -0.465 e. The molecule has 47 heavy (non-hydrogen) atoms. The molecule has 0 aromatic heterocycles. The Morgan fingerprint density at radius 3 is 2.11 bits per heavy atom. The Hall–Kier alpha value is -2.63. The Balaban J connectivity index is 1.29. The fourth-order valence-electron chi connectivity index (χ4n) is 13.2. The molecule has 5 aliphatic rings. The first kappa shape index (κ1) is 34.2. The van der Waals surface area contributed by atoms with Crippen molar-refractivity contribution in [3.63, 3.8) is 0 Å². The van der Waals surface area contributed by atoms with Gasteiger partial charge in [0.2, 0.25) is 0 Å². The summed E-state index contributed by atoms with van der Waals surface area (Å²) >= 11 is 0. The summed E-state index contributed by atoms with van der Waals surface area (Å²) in [5.41, 5.74) is 2.23. The van der Waals surface area contributed by atoms with E-state index in [-0.39, 0.29) is 50.3 Å². The normalized spacial score (nSPS) is 41.7. The molecule has 0 heterocycles. The van der Waals surface area contributed by atoms with Gasteiger partial charge in [0.25, 0.3) is 0 Å². The quantitative estimate of drug-likeness (QED) is 0.174. The summed E-state index contributed by atoms with van der Waals surface area (Å²) in [5.74, 6) is 1.39. The molecular formula is C41H58O6. The molecule has 5 fully saturated rings. The van der Waals surface area contributed by atoms with Gasteiger partial charge in [0.1, 0.15) is 6.10 Å². The van der Waals surface area contributed by atoms with E-state index in [1.807, 2.05) is 0 Å². The summed E-state index contributed by atoms with van der Waals surface area (Å²) in [5, 5.41) is 0. The standard InChI is InChI=1S/C41H58O6/c1-25(2)27-16-21-41(24-46-36(44)29-13-11-10-12-28(29)35(43)45-9)23-22-39(7)30(34(27)41)14-15-32-38(6)19-18-33(47-26(3)42)37(4,5)31(38)17-20-40(32,39)8/h10-13,27,30-34H,1,14-24H2,2-9H3/t27-,30-,31+,32+,33+,34+,38-,39-,40-,41+/m1/s1. The van der Waals surface area contributed by atoms with Gasteiger partial charge in [-0.15, -0.1) is 0 Å². The van der Waals surface area contributed by atoms with Crippen LogP contribution < -0.4 is 0 Å². The Bertz CT molecular complexity index is 1440. The second-order valence-electron chi connectivity index (χ2n) is 17.6. The average molecular weight is 647 g/mol. The Morgan fingerprint density at radius 2 is 1.47 bits per heavy atom. The van der Waals surface area contributed by atoms with E-state index in [0.29, 0.717) is 36.2 Å². The van der Waals surface area contributed by atoms with Gasteiger partial charge in [-0.05, 0) is 129 Å². The van der Waals surface area contributed by atoms with Crippen LogP contribution in [0.15, 0.2) is 36.4 Å². The maximum absolute atomic E-state index is 13.5. The molecule has 1 aromatic carbocycles. The van der Waals surface area contributed by atoms with Crippen LogP contribution in [0.5, 0.6) is 0 Å². The van der Waals surface area contributed by atoms with E-state index in [1.54, 1.807) is 31.2 Å². The lowest BCUT2D eigenvalue weighted by atomic mass is 9.32. The molecule has 6 rings (SSSR count). The summed E-state index contributed by atoms with van der Waals surface area (Å²) in [6, 6.07) is 6.79. The highest BCUT2D eigenvalue weighted by Crippen LogP contribution is 2.77. The van der Waals surface area contributed by atoms with Crippen molar-refractivity contribution in [1.29, 1.82) is 0 Å². The fourth-order valence-corrected chi connectivity index (χ4v) is 13.2. The zero-order valence-corrected chi connectivity index (χ0v) is 30.2. The third-order valence-corrected chi connectivity index (χ3v) is 15.5. The highest BCUT2D eigenvalue weighted by atomic mass is 16.5. The minimum atomic E-state index is -0.526. The minimum absolute atomic E-state index is 0.0123. The molecule has 0 bridgehead atoms. The average Bonchev–Trinajstić information content (AvgIpc) is 3.41. The molecule has 0 spiro atoms. The van der Waals surface area contributed by atoms with Crippen LogP contribution in [0.25, 0.3) is 0 Å². The van der Waals surface area contributed by atoms with Crippen molar-refractivity contribution >= 4 is 17.9 Å². The molecule has 0 radical (unpaired) electrons. The van der Waals surface area contributed by atoms with Crippen molar-refractivity contribution in [1.82, 2.24) is 0 Å². The Morgan fingerprint density at radius 1 is 0.787 bits per heavy atom. The van der Waals surface area contributed by atoms with E-state index in [1.165, 1.54) is 38.4 Å². The number of hydrogen-bond acceptors (Lipinski definition) is 6. The predicted octanol–water partition coefficient (Wildman–Crippen LogP) is 9.22. The lowest BCUT2D eigenvalue weighted by Crippen LogP contribution is -2.67. The molecule has 5 saturated carbocycles. The molecule has 6 nitrogen and oxygen atoms in total. The number of esters is 3. The van der Waals surface area contributed by atoms with Crippen molar-refractivity contribution in [3.8, 4) is 0 Å². The van der Waals surface area contributed by atoms with Gasteiger partial charge in [-0.2, -0.15) is 0 Å². The van der Waals surface area contributed by atoms with Gasteiger partial charge in [0.05, 0.1) is 24.8 Å². The highest BCUT2D eigenvalue weighted by Gasteiger charge is 2.71. The van der Waals surface area contributed by atoms with Gasteiger partial charge < -0.3 is 14.2 Å². The first-order valence-corrected chi connectivity index (χ1v) is 18.2. The molecule has 5 aliphatic carbocycles. The predicted molar refractivity (Wildman–Crippen MR) is 183 cm³/mol. The van der Waals surface area contributed by atoms with Crippen molar-refractivity contribution in [2.75, 3.05) is 13.7 Å². The SMILES string of the molecule is C=C(C)[C@H]1CC[C@@]2(COC(=O)c3ccccc3C(=O)OC)CC[C@]3(C)[C@H](CC[C@H]4[C@]5(C)CC[C@H](OC(C)=O)C(C)(C)[C@@H]5CC[C@]43C)[C@H]12. The molecule has 258 valence electrons. The smallest absolute Gasteiger partial charge is 0.339 e. The Kier molecular flexibility index (Phi) is 8.57. The molecule has 0 saturated heterocycles. The van der Waals surface area contributed by atoms with Gasteiger partial charge in [0, 0.05) is 17.8 Å². The van der Waals surface area contributed by atoms with Crippen LogP contribution in [0.1, 0.15) is 133 Å². The maximum atomic E-state index is 13.5. The number of rotatable bonds is 6. The topological polar surface area (TPSA) is 78.9 Å². The Labute approximate surface area is 282 Å². The summed E-state index contributed by atoms with van der Waals surface area (Å²) in [7, 11) is 1.33. The van der Waals surface area contributed by atoms with Gasteiger partial charge in [0.15, 0.2) is 0 Å². The van der Waals surface area contributed by atoms with Crippen molar-refractivity contribution in [3.05, 3.63) is 47.5 Å². The number of carbonyl (C=O) groups excluding carboxylic acids is 3. The van der Waals surface area contributed by atoms with Crippen LogP contribution in [-0.4, -0.2) is 37.7 Å². The van der Waals surface area contributed by atoms with Crippen LogP contribution in [0.2, 0.25) is 0 Å². The van der Waals surface area contributed by atoms with E-state index in [2.05, 4.69) is 48.1 Å². The van der Waals surface area contributed by atoms with Crippen molar-refractivity contribution < 1.29 is 28.6 Å². The van der Waals surface area contributed by atoms with Crippen LogP contribution in [0, 0.1) is 56.7 Å². The summed E-state index contributed by atoms with van der Waals surface area (Å²) in [6.45, 7) is 21.2. The fraction of sp³-hybridized carbons (Fsp3) is 0.732. The third-order valence-electron chi connectivity index (χ3n) is 15.5. The first-order valence-electron chi connectivity index (χ1n) is 18.2. The monoisotopic (exact) mass is 646 g/mol. The van der Waals surface area contributed by atoms with Crippen molar-refractivity contribution in [2.24, 2.45) is 56.7 Å². The van der Waals surface area contributed by atoms with Crippen LogP contribution in [0.3, 0.4) is 0 Å². The number of fused-ring (bicyclic) bond motifs is 7. The maximum Gasteiger partial charge on any atom is 0.339 e. The molecule has 6 heteroatoms. The van der Waals surface area contributed by atoms with Gasteiger partial charge in [-0.1, -0.05) is 58.9 Å². The molecule has 0 amide bonds. The van der Waals surface area contributed by atoms with E-state index in [9.17, 15) is 14.4 Å². The molecule has 0 N–H and O–H groups in total. The number of ether oxygens (including phenoxy) is 3. The van der Waals surface area contributed by atoms with Gasteiger partial charge in [-0.3, -0.25) is 4.79 Å². The van der Waals surface area contributed by atoms with Gasteiger partial charge in [-0.25, -0.2) is 9.59 Å². The number of benzene rings is 1. The zero-order valence-electron chi connectivity index (χ0n) is 30.2. The molecule has 10 atom stereocenters. The van der Waals surface area contributed by atoms with E-state index in [4.69, 9.17) is 14.2 Å². The summed E-state index contributed by atoms with van der Waals surface area (Å²) in [4.78, 5) is 38.0. The van der Waals surface area contributed by atoms with Crippen LogP contribution in [-0.2, 0) is 19.0 Å². The second-order valence-corrected chi connectivity index (χ2v) is 17.6. The number of allylic oxidation sites excluding steroid dienone is 1. The van der Waals surface area contributed by atoms with Crippen LogP contribution >= 0.6 is 0 Å². The highest BCUT2D eigenvalue weighted by molar-refractivity contribution is 6.03. The lowest BCUT2D eigenvalue weighted by Gasteiger charge is -2.73. The summed E-state index contributed by atoms with van der Waals surface area (Å²) < 4.78 is 17.1. The van der Waals surface area contributed by atoms with Crippen LogP contribution in [0.4, 0.5) is 0 Å². The van der Waals surface area contributed by atoms with E-state index < -0.39 is 11.9 Å². The molecule has 0 aliphatic heterocycles. The lowest BCUT2D eigenvalue weighted by molar-refractivity contribution is -0.251. The van der Waals surface area contributed by atoms with E-state index >= 15 is 0 Å². The van der Waals surface area contributed by atoms with E-state index in [0.717, 1.165) is 38.5 Å². The first-order chi connectivity index (χ1) is 22.1.